The molecule has 3 aliphatic heterocycles. The van der Waals surface area contributed by atoms with Crippen LogP contribution in [0.25, 0.3) is 0 Å². The summed E-state index contributed by atoms with van der Waals surface area (Å²) in [5.74, 6) is 1.79. The highest BCUT2D eigenvalue weighted by atomic mass is 35.5. The van der Waals surface area contributed by atoms with Crippen molar-refractivity contribution >= 4 is 40.6 Å². The van der Waals surface area contributed by atoms with Crippen LogP contribution in [-0.2, 0) is 11.3 Å². The Balaban J connectivity index is 1.30. The number of nitrogens with zero attached hydrogens (tertiary/aromatic N) is 5. The zero-order chi connectivity index (χ0) is 28.4. The van der Waals surface area contributed by atoms with Crippen molar-refractivity contribution in [3.05, 3.63) is 65.3 Å². The molecule has 0 aliphatic carbocycles. The molecule has 11 heteroatoms. The van der Waals surface area contributed by atoms with Crippen LogP contribution in [0.5, 0.6) is 5.75 Å². The number of rotatable bonds is 3. The summed E-state index contributed by atoms with van der Waals surface area (Å²) in [6, 6.07) is 15.6. The lowest BCUT2D eigenvalue weighted by molar-refractivity contribution is -0.121. The quantitative estimate of drug-likeness (QED) is 0.427. The first-order valence-corrected chi connectivity index (χ1v) is 14.7. The molecule has 1 amide bonds. The molecule has 0 unspecified atom stereocenters. The van der Waals surface area contributed by atoms with Crippen LogP contribution in [0, 0.1) is 0 Å². The molecule has 1 saturated heterocycles. The average Bonchev–Trinajstić information content (AvgIpc) is 2.97. The van der Waals surface area contributed by atoms with Crippen LogP contribution in [0.4, 0.5) is 23.1 Å². The van der Waals surface area contributed by atoms with Crippen LogP contribution in [-0.4, -0.2) is 96.6 Å². The standard InChI is InChI=1S/C30H39ClN8O2/c1-37-14-16-38(17-15-37)18-19-39-13-10-29(40)32-11-2-20-41-27-8-5-24(31)21-26(27)35-30-33-12-9-28(36-30)34-25-6-3-23(22-39)4-7-25/h3-9,12,21H,2,10-11,13-20,22H2,1H3,(H,32,40)(H2,33,34,35,36). The van der Waals surface area contributed by atoms with Gasteiger partial charge in [-0.05, 0) is 55.4 Å². The smallest absolute Gasteiger partial charge is 0.229 e. The minimum absolute atomic E-state index is 0.0605. The fraction of sp³-hybridized carbons (Fsp3) is 0.433. The van der Waals surface area contributed by atoms with E-state index in [0.29, 0.717) is 60.8 Å². The Morgan fingerprint density at radius 1 is 0.951 bits per heavy atom. The molecule has 41 heavy (non-hydrogen) atoms. The van der Waals surface area contributed by atoms with Crippen molar-refractivity contribution in [2.24, 2.45) is 0 Å². The molecule has 2 aromatic carbocycles. The summed E-state index contributed by atoms with van der Waals surface area (Å²) in [7, 11) is 2.18. The van der Waals surface area contributed by atoms with Crippen LogP contribution in [0.1, 0.15) is 18.4 Å². The Morgan fingerprint density at radius 2 is 1.76 bits per heavy atom. The van der Waals surface area contributed by atoms with E-state index in [1.807, 2.05) is 12.1 Å². The van der Waals surface area contributed by atoms with Gasteiger partial charge >= 0.3 is 0 Å². The lowest BCUT2D eigenvalue weighted by Crippen LogP contribution is -2.47. The van der Waals surface area contributed by atoms with Crippen molar-refractivity contribution in [1.82, 2.24) is 30.0 Å². The summed E-state index contributed by atoms with van der Waals surface area (Å²) in [5, 5.41) is 10.2. The molecule has 4 bridgehead atoms. The number of carbonyl (C=O) groups excluding carboxylic acids is 1. The number of amides is 1. The number of likely N-dealkylation sites (N-methyl/N-ethyl adjacent to an activating group) is 1. The zero-order valence-corrected chi connectivity index (χ0v) is 24.4. The van der Waals surface area contributed by atoms with Gasteiger partial charge in [0.15, 0.2) is 0 Å². The lowest BCUT2D eigenvalue weighted by Gasteiger charge is -2.34. The van der Waals surface area contributed by atoms with E-state index in [2.05, 4.69) is 71.9 Å². The molecule has 0 radical (unpaired) electrons. The number of benzene rings is 2. The number of hydrogen-bond donors (Lipinski definition) is 3. The van der Waals surface area contributed by atoms with Crippen molar-refractivity contribution in [2.75, 3.05) is 76.6 Å². The van der Waals surface area contributed by atoms with Crippen molar-refractivity contribution in [2.45, 2.75) is 19.4 Å². The molecule has 1 aromatic heterocycles. The summed E-state index contributed by atoms with van der Waals surface area (Å²) in [5.41, 5.74) is 2.81. The molecule has 0 spiro atoms. The van der Waals surface area contributed by atoms with Gasteiger partial charge in [-0.25, -0.2) is 4.98 Å². The number of anilines is 4. The minimum Gasteiger partial charge on any atom is -0.491 e. The Labute approximate surface area is 247 Å². The van der Waals surface area contributed by atoms with E-state index >= 15 is 0 Å². The van der Waals surface area contributed by atoms with Crippen molar-refractivity contribution in [3.63, 3.8) is 0 Å². The van der Waals surface area contributed by atoms with Gasteiger partial charge < -0.3 is 25.6 Å². The summed E-state index contributed by atoms with van der Waals surface area (Å²) in [6.45, 7) is 8.80. The fourth-order valence-electron chi connectivity index (χ4n) is 4.89. The third kappa shape index (κ3) is 9.02. The van der Waals surface area contributed by atoms with Crippen LogP contribution < -0.4 is 20.7 Å². The van der Waals surface area contributed by atoms with Gasteiger partial charge in [-0.3, -0.25) is 14.6 Å². The van der Waals surface area contributed by atoms with Gasteiger partial charge in [0.25, 0.3) is 0 Å². The van der Waals surface area contributed by atoms with Crippen molar-refractivity contribution in [3.8, 4) is 5.75 Å². The summed E-state index contributed by atoms with van der Waals surface area (Å²) in [6.07, 6.45) is 2.85. The number of aromatic nitrogens is 2. The summed E-state index contributed by atoms with van der Waals surface area (Å²) >= 11 is 6.26. The topological polar surface area (TPSA) is 97.9 Å². The molecule has 4 heterocycles. The largest absolute Gasteiger partial charge is 0.491 e. The summed E-state index contributed by atoms with van der Waals surface area (Å²) < 4.78 is 6.02. The molecule has 6 rings (SSSR count). The van der Waals surface area contributed by atoms with Gasteiger partial charge in [-0.2, -0.15) is 4.98 Å². The number of halogens is 1. The normalized spacial score (nSPS) is 18.2. The van der Waals surface area contributed by atoms with E-state index in [-0.39, 0.29) is 5.91 Å². The Kier molecular flexibility index (Phi) is 10.2. The van der Waals surface area contributed by atoms with Gasteiger partial charge in [-0.1, -0.05) is 23.7 Å². The predicted octanol–water partition coefficient (Wildman–Crippen LogP) is 3.96. The van der Waals surface area contributed by atoms with Gasteiger partial charge in [0.1, 0.15) is 11.6 Å². The maximum atomic E-state index is 12.7. The number of nitrogens with one attached hydrogen (secondary N) is 3. The number of ether oxygens (including phenoxy) is 1. The second kappa shape index (κ2) is 14.5. The Bertz CT molecular complexity index is 1280. The van der Waals surface area contributed by atoms with Crippen LogP contribution >= 0.6 is 11.6 Å². The number of carbonyl (C=O) groups is 1. The Hall–Kier alpha value is -3.44. The van der Waals surface area contributed by atoms with E-state index in [4.69, 9.17) is 16.3 Å². The second-order valence-corrected chi connectivity index (χ2v) is 11.0. The van der Waals surface area contributed by atoms with Crippen LogP contribution in [0.3, 0.4) is 0 Å². The third-order valence-electron chi connectivity index (χ3n) is 7.36. The molecule has 3 aromatic rings. The first-order chi connectivity index (χ1) is 20.0. The molecule has 218 valence electrons. The number of hydrogen-bond acceptors (Lipinski definition) is 9. The highest BCUT2D eigenvalue weighted by Crippen LogP contribution is 2.30. The SMILES string of the molecule is CN1CCN(CCN2CCC(=O)NCCCOc3ccc(Cl)cc3Nc3nccc(n3)Nc3ccc(cc3)C2)CC1. The van der Waals surface area contributed by atoms with Crippen LogP contribution in [0.15, 0.2) is 54.7 Å². The summed E-state index contributed by atoms with van der Waals surface area (Å²) in [4.78, 5) is 29.0. The maximum Gasteiger partial charge on any atom is 0.229 e. The molecule has 10 nitrogen and oxygen atoms in total. The molecule has 1 fully saturated rings. The van der Waals surface area contributed by atoms with Crippen molar-refractivity contribution < 1.29 is 9.53 Å². The van der Waals surface area contributed by atoms with E-state index < -0.39 is 0 Å². The van der Waals surface area contributed by atoms with Crippen molar-refractivity contribution in [1.29, 1.82) is 0 Å². The average molecular weight is 579 g/mol. The molecule has 0 atom stereocenters. The predicted molar refractivity (Wildman–Crippen MR) is 163 cm³/mol. The molecule has 3 aliphatic rings. The fourth-order valence-corrected chi connectivity index (χ4v) is 5.06. The highest BCUT2D eigenvalue weighted by molar-refractivity contribution is 6.31. The maximum absolute atomic E-state index is 12.7. The molecular formula is C30H39ClN8O2. The first kappa shape index (κ1) is 29.1. The van der Waals surface area contributed by atoms with E-state index in [9.17, 15) is 4.79 Å². The molecular weight excluding hydrogens is 540 g/mol. The molecule has 0 saturated carbocycles. The molecule has 3 N–H and O–H groups in total. The minimum atomic E-state index is 0.0605. The third-order valence-corrected chi connectivity index (χ3v) is 7.60. The van der Waals surface area contributed by atoms with Crippen LogP contribution in [0.2, 0.25) is 5.02 Å². The van der Waals surface area contributed by atoms with Gasteiger partial charge in [0, 0.05) is 82.2 Å². The van der Waals surface area contributed by atoms with E-state index in [1.54, 1.807) is 18.3 Å². The number of piperazine rings is 1. The number of fused-ring (bicyclic) bond motifs is 11. The van der Waals surface area contributed by atoms with Gasteiger partial charge in [-0.15, -0.1) is 0 Å². The Morgan fingerprint density at radius 3 is 2.59 bits per heavy atom. The first-order valence-electron chi connectivity index (χ1n) is 14.3. The highest BCUT2D eigenvalue weighted by Gasteiger charge is 2.16. The van der Waals surface area contributed by atoms with Gasteiger partial charge in [0.2, 0.25) is 11.9 Å². The monoisotopic (exact) mass is 578 g/mol. The zero-order valence-electron chi connectivity index (χ0n) is 23.6. The van der Waals surface area contributed by atoms with E-state index in [1.165, 1.54) is 5.56 Å². The van der Waals surface area contributed by atoms with Gasteiger partial charge in [0.05, 0.1) is 12.3 Å². The second-order valence-electron chi connectivity index (χ2n) is 10.6. The lowest BCUT2D eigenvalue weighted by atomic mass is 10.2. The van der Waals surface area contributed by atoms with E-state index in [0.717, 1.165) is 51.5 Å².